The first kappa shape index (κ1) is 11.3. The smallest absolute Gasteiger partial charge is 0.0820 e. The van der Waals surface area contributed by atoms with Crippen molar-refractivity contribution in [3.8, 4) is 0 Å². The van der Waals surface area contributed by atoms with E-state index in [4.69, 9.17) is 11.6 Å². The molecule has 3 heterocycles. The minimum Gasteiger partial charge on any atom is -0.381 e. The third-order valence-electron chi connectivity index (χ3n) is 3.95. The van der Waals surface area contributed by atoms with Crippen molar-refractivity contribution < 1.29 is 0 Å². The van der Waals surface area contributed by atoms with Gasteiger partial charge in [-0.2, -0.15) is 0 Å². The van der Waals surface area contributed by atoms with Crippen molar-refractivity contribution >= 4 is 17.3 Å². The molecule has 2 saturated heterocycles. The van der Waals surface area contributed by atoms with Crippen molar-refractivity contribution in [3.05, 3.63) is 23.5 Å². The summed E-state index contributed by atoms with van der Waals surface area (Å²) in [7, 11) is 0. The van der Waals surface area contributed by atoms with Gasteiger partial charge >= 0.3 is 0 Å². The molecule has 3 rings (SSSR count). The number of piperidine rings is 1. The van der Waals surface area contributed by atoms with Crippen LogP contribution in [0.3, 0.4) is 0 Å². The van der Waals surface area contributed by atoms with Crippen LogP contribution in [0, 0.1) is 0 Å². The maximum absolute atomic E-state index is 6.12. The first-order valence-electron chi connectivity index (χ1n) is 6.43. The number of rotatable bonds is 2. The van der Waals surface area contributed by atoms with E-state index >= 15 is 0 Å². The zero-order valence-electron chi connectivity index (χ0n) is 9.90. The molecule has 2 atom stereocenters. The molecule has 0 amide bonds. The van der Waals surface area contributed by atoms with Gasteiger partial charge in [-0.1, -0.05) is 11.6 Å². The van der Waals surface area contributed by atoms with Crippen molar-refractivity contribution in [2.24, 2.45) is 0 Å². The molecule has 0 spiro atoms. The highest BCUT2D eigenvalue weighted by molar-refractivity contribution is 6.33. The van der Waals surface area contributed by atoms with Gasteiger partial charge in [0.05, 0.1) is 10.7 Å². The maximum atomic E-state index is 6.12. The SMILES string of the molecule is Clc1cnccc1N[C@H]1CCN2CCC[C@H]2C1. The van der Waals surface area contributed by atoms with Gasteiger partial charge in [-0.05, 0) is 38.3 Å². The molecule has 1 aromatic heterocycles. The molecule has 2 aliphatic rings. The number of hydrogen-bond acceptors (Lipinski definition) is 3. The summed E-state index contributed by atoms with van der Waals surface area (Å²) in [5.74, 6) is 0. The lowest BCUT2D eigenvalue weighted by atomic mass is 9.97. The average molecular weight is 252 g/mol. The third kappa shape index (κ3) is 2.40. The van der Waals surface area contributed by atoms with Gasteiger partial charge in [0.25, 0.3) is 0 Å². The topological polar surface area (TPSA) is 28.2 Å². The molecule has 0 radical (unpaired) electrons. The molecular weight excluding hydrogens is 234 g/mol. The lowest BCUT2D eigenvalue weighted by molar-refractivity contribution is 0.188. The van der Waals surface area contributed by atoms with Gasteiger partial charge in [0.1, 0.15) is 0 Å². The van der Waals surface area contributed by atoms with E-state index in [9.17, 15) is 0 Å². The minimum atomic E-state index is 0.564. The summed E-state index contributed by atoms with van der Waals surface area (Å²) < 4.78 is 0. The fraction of sp³-hybridized carbons (Fsp3) is 0.615. The molecule has 0 aromatic carbocycles. The number of aromatic nitrogens is 1. The lowest BCUT2D eigenvalue weighted by Gasteiger charge is -2.35. The molecule has 0 bridgehead atoms. The molecular formula is C13H18ClN3. The van der Waals surface area contributed by atoms with Crippen molar-refractivity contribution in [1.29, 1.82) is 0 Å². The van der Waals surface area contributed by atoms with E-state index in [1.54, 1.807) is 12.4 Å². The van der Waals surface area contributed by atoms with Gasteiger partial charge in [-0.25, -0.2) is 0 Å². The van der Waals surface area contributed by atoms with Crippen molar-refractivity contribution in [2.45, 2.75) is 37.8 Å². The first-order chi connectivity index (χ1) is 8.33. The molecule has 0 aliphatic carbocycles. The molecule has 1 aromatic rings. The van der Waals surface area contributed by atoms with Crippen LogP contribution in [0.2, 0.25) is 5.02 Å². The monoisotopic (exact) mass is 251 g/mol. The summed E-state index contributed by atoms with van der Waals surface area (Å²) in [6.07, 6.45) is 8.69. The minimum absolute atomic E-state index is 0.564. The van der Waals surface area contributed by atoms with Crippen molar-refractivity contribution in [1.82, 2.24) is 9.88 Å². The highest BCUT2D eigenvalue weighted by Gasteiger charge is 2.31. The second-order valence-electron chi connectivity index (χ2n) is 5.05. The van der Waals surface area contributed by atoms with E-state index in [2.05, 4.69) is 15.2 Å². The van der Waals surface area contributed by atoms with Crippen LogP contribution < -0.4 is 5.32 Å². The van der Waals surface area contributed by atoms with Crippen molar-refractivity contribution in [2.75, 3.05) is 18.4 Å². The van der Waals surface area contributed by atoms with Crippen molar-refractivity contribution in [3.63, 3.8) is 0 Å². The van der Waals surface area contributed by atoms with Gasteiger partial charge in [0.2, 0.25) is 0 Å². The van der Waals surface area contributed by atoms with Crippen LogP contribution >= 0.6 is 11.6 Å². The molecule has 0 unspecified atom stereocenters. The summed E-state index contributed by atoms with van der Waals surface area (Å²) in [4.78, 5) is 6.64. The van der Waals surface area contributed by atoms with Gasteiger partial charge < -0.3 is 10.2 Å². The van der Waals surface area contributed by atoms with E-state index in [1.165, 1.54) is 38.8 Å². The van der Waals surface area contributed by atoms with Crippen LogP contribution in [-0.2, 0) is 0 Å². The number of fused-ring (bicyclic) bond motifs is 1. The van der Waals surface area contributed by atoms with Gasteiger partial charge in [0, 0.05) is 31.0 Å². The number of nitrogens with zero attached hydrogens (tertiary/aromatic N) is 2. The van der Waals surface area contributed by atoms with Gasteiger partial charge in [-0.3, -0.25) is 4.98 Å². The number of nitrogens with one attached hydrogen (secondary N) is 1. The number of halogens is 1. The largest absolute Gasteiger partial charge is 0.381 e. The Labute approximate surface area is 107 Å². The Balaban J connectivity index is 1.64. The summed E-state index contributed by atoms with van der Waals surface area (Å²) in [6.45, 7) is 2.53. The standard InChI is InChI=1S/C13H18ClN3/c14-12-9-15-5-3-13(12)16-10-4-7-17-6-1-2-11(17)8-10/h3,5,9-11H,1-2,4,6-8H2,(H,15,16)/t10-,11-/m0/s1. The van der Waals surface area contributed by atoms with Crippen LogP contribution in [0.1, 0.15) is 25.7 Å². The van der Waals surface area contributed by atoms with Crippen LogP contribution in [0.15, 0.2) is 18.5 Å². The predicted molar refractivity (Wildman–Crippen MR) is 70.5 cm³/mol. The highest BCUT2D eigenvalue weighted by atomic mass is 35.5. The van der Waals surface area contributed by atoms with E-state index in [0.29, 0.717) is 6.04 Å². The summed E-state index contributed by atoms with van der Waals surface area (Å²) in [6, 6.07) is 3.32. The quantitative estimate of drug-likeness (QED) is 0.876. The Morgan fingerprint density at radius 3 is 3.18 bits per heavy atom. The maximum Gasteiger partial charge on any atom is 0.0820 e. The average Bonchev–Trinajstić information content (AvgIpc) is 2.79. The fourth-order valence-corrected chi connectivity index (χ4v) is 3.24. The molecule has 1 N–H and O–H groups in total. The number of pyridine rings is 1. The normalized spacial score (nSPS) is 29.0. The first-order valence-corrected chi connectivity index (χ1v) is 6.81. The Morgan fingerprint density at radius 1 is 1.35 bits per heavy atom. The van der Waals surface area contributed by atoms with E-state index in [-0.39, 0.29) is 0 Å². The predicted octanol–water partition coefficient (Wildman–Crippen LogP) is 2.77. The highest BCUT2D eigenvalue weighted by Crippen LogP contribution is 2.29. The summed E-state index contributed by atoms with van der Waals surface area (Å²) in [5, 5.41) is 4.29. The Morgan fingerprint density at radius 2 is 2.29 bits per heavy atom. The Hall–Kier alpha value is -0.800. The third-order valence-corrected chi connectivity index (χ3v) is 4.25. The molecule has 2 aliphatic heterocycles. The van der Waals surface area contributed by atoms with Crippen LogP contribution in [0.4, 0.5) is 5.69 Å². The van der Waals surface area contributed by atoms with Crippen LogP contribution in [0.25, 0.3) is 0 Å². The molecule has 3 nitrogen and oxygen atoms in total. The zero-order chi connectivity index (χ0) is 11.7. The zero-order valence-corrected chi connectivity index (χ0v) is 10.7. The Kier molecular flexibility index (Phi) is 3.21. The van der Waals surface area contributed by atoms with E-state index in [0.717, 1.165) is 16.8 Å². The second-order valence-corrected chi connectivity index (χ2v) is 5.46. The molecule has 0 saturated carbocycles. The fourth-order valence-electron chi connectivity index (χ4n) is 3.07. The number of anilines is 1. The Bertz CT molecular complexity index is 396. The summed E-state index contributed by atoms with van der Waals surface area (Å²) in [5.41, 5.74) is 1.03. The molecule has 4 heteroatoms. The van der Waals surface area contributed by atoms with E-state index in [1.807, 2.05) is 6.07 Å². The van der Waals surface area contributed by atoms with Crippen LogP contribution in [0.5, 0.6) is 0 Å². The second kappa shape index (κ2) is 4.83. The molecule has 2 fully saturated rings. The summed E-state index contributed by atoms with van der Waals surface area (Å²) >= 11 is 6.12. The molecule has 92 valence electrons. The molecule has 17 heavy (non-hydrogen) atoms. The van der Waals surface area contributed by atoms with E-state index < -0.39 is 0 Å². The van der Waals surface area contributed by atoms with Crippen LogP contribution in [-0.4, -0.2) is 35.1 Å². The van der Waals surface area contributed by atoms with Gasteiger partial charge in [-0.15, -0.1) is 0 Å². The van der Waals surface area contributed by atoms with Gasteiger partial charge in [0.15, 0.2) is 0 Å². The lowest BCUT2D eigenvalue weighted by Crippen LogP contribution is -2.42. The number of hydrogen-bond donors (Lipinski definition) is 1.